The second-order valence-corrected chi connectivity index (χ2v) is 1.47. The molecule has 0 aromatic heterocycles. The Hall–Kier alpha value is 0.345. The van der Waals surface area contributed by atoms with Crippen LogP contribution in [0, 0.1) is 0 Å². The summed E-state index contributed by atoms with van der Waals surface area (Å²) in [5.74, 6) is -3.25. The third kappa shape index (κ3) is 28300. The van der Waals surface area contributed by atoms with Crippen LogP contribution in [-0.2, 0) is 49.1 Å². The molecule has 0 atom stereocenters. The summed E-state index contributed by atoms with van der Waals surface area (Å²) in [5, 5.41) is 26.7. The summed E-state index contributed by atoms with van der Waals surface area (Å²) >= 11 is 0. The molecule has 17 heavy (non-hydrogen) atoms. The van der Waals surface area contributed by atoms with Gasteiger partial charge in [0.15, 0.2) is 0 Å². The van der Waals surface area contributed by atoms with Crippen molar-refractivity contribution < 1.29 is 102 Å². The van der Waals surface area contributed by atoms with E-state index in [-0.39, 0.29) is 71.9 Å². The Morgan fingerprint density at radius 2 is 0.588 bits per heavy atom. The fraction of sp³-hybridized carbons (Fsp3) is 0.500. The van der Waals surface area contributed by atoms with E-state index in [2.05, 4.69) is 0 Å². The number of carboxylic acid groups (broad SMARTS) is 3. The molecule has 0 aliphatic heterocycles. The van der Waals surface area contributed by atoms with Crippen LogP contribution >= 0.6 is 0 Å². The molecular weight excluding hydrogens is 378 g/mol. The van der Waals surface area contributed by atoms with Crippen LogP contribution in [-0.4, -0.2) is 17.9 Å². The molecule has 0 aliphatic rings. The fourth-order valence-corrected chi connectivity index (χ4v) is 0. The molecule has 0 aromatic rings. The minimum Gasteiger partial charge on any atom is -1.00 e. The molecule has 0 spiro atoms. The van der Waals surface area contributed by atoms with Gasteiger partial charge in [0, 0.05) is 17.9 Å². The van der Waals surface area contributed by atoms with Crippen LogP contribution in [0.25, 0.3) is 0 Å². The summed E-state index contributed by atoms with van der Waals surface area (Å²) in [5.41, 5.74) is 0. The quantitative estimate of drug-likeness (QED) is 0.407. The molecule has 0 rings (SSSR count). The van der Waals surface area contributed by atoms with Crippen molar-refractivity contribution in [2.45, 2.75) is 20.8 Å². The molecule has 0 heterocycles. The topological polar surface area (TPSA) is 120 Å². The first-order valence-corrected chi connectivity index (χ1v) is 2.72. The van der Waals surface area contributed by atoms with E-state index in [4.69, 9.17) is 29.7 Å². The van der Waals surface area contributed by atoms with Crippen LogP contribution in [0.1, 0.15) is 20.8 Å². The average Bonchev–Trinajstić information content (AvgIpc) is 1.54. The Kier molecular flexibility index (Phi) is 138. The van der Waals surface area contributed by atoms with Gasteiger partial charge in [0.25, 0.3) is 0 Å². The van der Waals surface area contributed by atoms with Gasteiger partial charge in [-0.15, -0.1) is 0 Å². The van der Waals surface area contributed by atoms with Gasteiger partial charge < -0.3 is 66.9 Å². The van der Waals surface area contributed by atoms with Crippen LogP contribution in [0.5, 0.6) is 0 Å². The number of rotatable bonds is 0. The van der Waals surface area contributed by atoms with Crippen molar-refractivity contribution in [1.29, 1.82) is 0 Å². The molecule has 0 unspecified atom stereocenters. The molecule has 0 aliphatic carbocycles. The van der Waals surface area contributed by atoms with Gasteiger partial charge in [0.05, 0.1) is 0 Å². The van der Waals surface area contributed by atoms with Crippen molar-refractivity contribution in [2.75, 3.05) is 0 Å². The van der Waals surface area contributed by atoms with Gasteiger partial charge in [-0.3, -0.25) is 0 Å². The number of hydrogen-bond donors (Lipinski definition) is 0. The number of aliphatic carboxylic acids is 3. The molecule has 0 saturated carbocycles. The zero-order valence-electron chi connectivity index (χ0n) is 8.90. The first kappa shape index (κ1) is 53.1. The predicted octanol–water partition coefficient (Wildman–Crippen LogP) is -12.7. The fourth-order valence-electron chi connectivity index (χ4n) is 0. The minimum absolute atomic E-state index is 0. The first-order valence-electron chi connectivity index (χ1n) is 2.72. The van der Waals surface area contributed by atoms with Crippen molar-refractivity contribution in [2.24, 2.45) is 0 Å². The molecule has 0 fully saturated rings. The van der Waals surface area contributed by atoms with Gasteiger partial charge >= 0.3 is 34.7 Å². The number of halogens is 3. The van der Waals surface area contributed by atoms with Crippen molar-refractivity contribution >= 4 is 17.9 Å². The molecule has 0 bridgehead atoms. The summed E-state index contributed by atoms with van der Waals surface area (Å²) in [7, 11) is 0. The number of carbonyl (C=O) groups excluding carboxylic acids is 3. The average molecular weight is 387 g/mol. The molecule has 102 valence electrons. The van der Waals surface area contributed by atoms with Crippen molar-refractivity contribution in [3.8, 4) is 0 Å². The summed E-state index contributed by atoms with van der Waals surface area (Å²) in [4.78, 5) is 26.7. The summed E-state index contributed by atoms with van der Waals surface area (Å²) in [6.07, 6.45) is 0. The van der Waals surface area contributed by atoms with Gasteiger partial charge in [-0.05, 0) is 20.8 Å². The Labute approximate surface area is 140 Å². The van der Waals surface area contributed by atoms with E-state index in [0.29, 0.717) is 0 Å². The van der Waals surface area contributed by atoms with E-state index < -0.39 is 17.9 Å². The maximum atomic E-state index is 8.89. The van der Waals surface area contributed by atoms with Gasteiger partial charge in [-0.1, -0.05) is 0 Å². The van der Waals surface area contributed by atoms with E-state index in [0.717, 1.165) is 20.8 Å². The van der Waals surface area contributed by atoms with E-state index in [1.807, 2.05) is 0 Å². The van der Waals surface area contributed by atoms with Gasteiger partial charge in [0.1, 0.15) is 0 Å². The molecule has 0 saturated heterocycles. The second kappa shape index (κ2) is 44.1. The monoisotopic (exact) mass is 386 g/mol. The van der Waals surface area contributed by atoms with Crippen LogP contribution in [0.2, 0.25) is 0 Å². The third-order valence-corrected chi connectivity index (χ3v) is 0. The molecule has 6 nitrogen and oxygen atoms in total. The van der Waals surface area contributed by atoms with Gasteiger partial charge in [-0.2, -0.15) is 0 Å². The minimum atomic E-state index is -1.08. The van der Waals surface area contributed by atoms with Crippen molar-refractivity contribution in [3.63, 3.8) is 0 Å². The smallest absolute Gasteiger partial charge is 1.00 e. The molecular formula is C6H9Cl3Cr2O6. The second-order valence-electron chi connectivity index (χ2n) is 1.47. The number of hydrogen-bond acceptors (Lipinski definition) is 6. The molecule has 11 heteroatoms. The van der Waals surface area contributed by atoms with Crippen molar-refractivity contribution in [1.82, 2.24) is 0 Å². The van der Waals surface area contributed by atoms with Crippen LogP contribution in [0.15, 0.2) is 0 Å². The molecule has 0 amide bonds. The van der Waals surface area contributed by atoms with Gasteiger partial charge in [0.2, 0.25) is 0 Å². The molecule has 0 N–H and O–H groups in total. The van der Waals surface area contributed by atoms with E-state index in [9.17, 15) is 0 Å². The number of carboxylic acids is 3. The van der Waals surface area contributed by atoms with Crippen molar-refractivity contribution in [3.05, 3.63) is 0 Å². The predicted molar refractivity (Wildman–Crippen MR) is 32.0 cm³/mol. The summed E-state index contributed by atoms with van der Waals surface area (Å²) in [6, 6.07) is 0. The Bertz CT molecular complexity index is 129. The van der Waals surface area contributed by atoms with Crippen LogP contribution < -0.4 is 52.5 Å². The largest absolute Gasteiger partial charge is 3.00 e. The van der Waals surface area contributed by atoms with E-state index >= 15 is 0 Å². The normalized spacial score (nSPS) is 4.41. The zero-order chi connectivity index (χ0) is 10.7. The van der Waals surface area contributed by atoms with Gasteiger partial charge in [-0.25, -0.2) is 0 Å². The Balaban J connectivity index is -0.0000000104. The zero-order valence-corrected chi connectivity index (χ0v) is 13.7. The maximum absolute atomic E-state index is 8.89. The molecule has 2 radical (unpaired) electrons. The number of carbonyl (C=O) groups is 3. The SMILES string of the molecule is CC(=O)[O-].CC(=O)[O-].CC(=O)[O-].[Cl-].[Cl-].[Cl-].[Cr+3].[Cr+3]. The molecule has 0 aromatic carbocycles. The Morgan fingerprint density at radius 1 is 0.588 bits per heavy atom. The Morgan fingerprint density at radius 3 is 0.588 bits per heavy atom. The summed E-state index contributed by atoms with van der Waals surface area (Å²) < 4.78 is 0. The maximum Gasteiger partial charge on any atom is 3.00 e. The van der Waals surface area contributed by atoms with E-state index in [1.54, 1.807) is 0 Å². The van der Waals surface area contributed by atoms with Crippen LogP contribution in [0.3, 0.4) is 0 Å². The van der Waals surface area contributed by atoms with E-state index in [1.165, 1.54) is 0 Å². The third-order valence-electron chi connectivity index (χ3n) is 0. The summed E-state index contributed by atoms with van der Waals surface area (Å²) in [6.45, 7) is 2.92. The standard InChI is InChI=1S/3C2H4O2.3ClH.2Cr/c3*1-2(3)4;;;;;/h3*1H3,(H,3,4);3*1H;;/q;;;;;;2*+3/p-6. The first-order chi connectivity index (χ1) is 5.20. The van der Waals surface area contributed by atoms with Crippen LogP contribution in [0.4, 0.5) is 0 Å².